The Morgan fingerprint density at radius 3 is 2.69 bits per heavy atom. The van der Waals surface area contributed by atoms with Crippen molar-refractivity contribution < 1.29 is 19.1 Å². The normalized spacial score (nSPS) is 12.0. The highest BCUT2D eigenvalue weighted by Crippen LogP contribution is 2.37. The number of fused-ring (bicyclic) bond motifs is 1. The highest BCUT2D eigenvalue weighted by atomic mass is 32.2. The number of Topliss-reactive ketones (excluding diaryl/α,β-unsaturated/α-hetero) is 1. The van der Waals surface area contributed by atoms with Gasteiger partial charge in [0, 0.05) is 11.6 Å². The summed E-state index contributed by atoms with van der Waals surface area (Å²) in [5.74, 6) is 0.595. The number of ether oxygens (including phenoxy) is 2. The summed E-state index contributed by atoms with van der Waals surface area (Å²) in [6.45, 7) is 2.03. The van der Waals surface area contributed by atoms with Gasteiger partial charge >= 0.3 is 0 Å². The third-order valence-corrected chi connectivity index (χ3v) is 5.13. The highest BCUT2D eigenvalue weighted by Gasteiger charge is 2.20. The molecule has 4 rings (SSSR count). The second-order valence-corrected chi connectivity index (χ2v) is 7.19. The molecule has 0 bridgehead atoms. The van der Waals surface area contributed by atoms with Crippen molar-refractivity contribution in [1.82, 2.24) is 20.2 Å². The van der Waals surface area contributed by atoms with Gasteiger partial charge in [-0.25, -0.2) is 4.68 Å². The number of nitrogens with one attached hydrogen (secondary N) is 1. The second kappa shape index (κ2) is 8.31. The van der Waals surface area contributed by atoms with E-state index in [9.17, 15) is 9.59 Å². The lowest BCUT2D eigenvalue weighted by Crippen LogP contribution is -2.17. The molecule has 2 aromatic carbocycles. The van der Waals surface area contributed by atoms with Crippen molar-refractivity contribution in [2.24, 2.45) is 0 Å². The lowest BCUT2D eigenvalue weighted by Gasteiger charge is -2.10. The molecule has 3 aromatic rings. The third-order valence-electron chi connectivity index (χ3n) is 4.17. The van der Waals surface area contributed by atoms with Crippen molar-refractivity contribution in [3.8, 4) is 11.5 Å². The van der Waals surface area contributed by atoms with Crippen molar-refractivity contribution in [3.63, 3.8) is 0 Å². The summed E-state index contributed by atoms with van der Waals surface area (Å²) in [7, 11) is 0. The zero-order valence-electron chi connectivity index (χ0n) is 15.5. The fourth-order valence-corrected chi connectivity index (χ4v) is 3.49. The smallest absolute Gasteiger partial charge is 0.234 e. The molecule has 0 radical (unpaired) electrons. The second-order valence-electron chi connectivity index (χ2n) is 6.25. The maximum atomic E-state index is 12.5. The van der Waals surface area contributed by atoms with Crippen molar-refractivity contribution in [3.05, 3.63) is 53.6 Å². The minimum Gasteiger partial charge on any atom is -0.454 e. The molecule has 1 aromatic heterocycles. The summed E-state index contributed by atoms with van der Waals surface area (Å²) >= 11 is 1.21. The topological polar surface area (TPSA) is 108 Å². The van der Waals surface area contributed by atoms with E-state index in [1.165, 1.54) is 18.7 Å². The largest absolute Gasteiger partial charge is 0.454 e. The zero-order valence-corrected chi connectivity index (χ0v) is 16.3. The van der Waals surface area contributed by atoms with Gasteiger partial charge in [-0.05, 0) is 29.0 Å². The number of amides is 1. The first-order chi connectivity index (χ1) is 14.1. The Kier molecular flexibility index (Phi) is 5.43. The van der Waals surface area contributed by atoms with Crippen LogP contribution in [0.2, 0.25) is 0 Å². The maximum absolute atomic E-state index is 12.5. The molecule has 9 nitrogen and oxygen atoms in total. The molecule has 0 saturated carbocycles. The van der Waals surface area contributed by atoms with Gasteiger partial charge in [0.05, 0.1) is 18.0 Å². The SMILES string of the molecule is CC(=O)c1cc2c(cc1NC(=O)CSc1nnnn1Cc1ccccc1)OCO2. The Bertz CT molecular complexity index is 1050. The molecule has 2 heterocycles. The first-order valence-corrected chi connectivity index (χ1v) is 9.76. The number of ketones is 1. The van der Waals surface area contributed by atoms with E-state index >= 15 is 0 Å². The molecule has 1 amide bonds. The summed E-state index contributed by atoms with van der Waals surface area (Å²) in [5, 5.41) is 14.9. The number of hydrogen-bond acceptors (Lipinski definition) is 8. The fraction of sp³-hybridized carbons (Fsp3) is 0.211. The molecule has 1 aliphatic heterocycles. The fourth-order valence-electron chi connectivity index (χ4n) is 2.81. The monoisotopic (exact) mass is 411 g/mol. The lowest BCUT2D eigenvalue weighted by atomic mass is 10.1. The number of thioether (sulfide) groups is 1. The van der Waals surface area contributed by atoms with Crippen LogP contribution in [-0.2, 0) is 11.3 Å². The Morgan fingerprint density at radius 2 is 1.93 bits per heavy atom. The highest BCUT2D eigenvalue weighted by molar-refractivity contribution is 7.99. The van der Waals surface area contributed by atoms with E-state index in [1.54, 1.807) is 16.8 Å². The zero-order chi connectivity index (χ0) is 20.2. The van der Waals surface area contributed by atoms with E-state index in [4.69, 9.17) is 9.47 Å². The van der Waals surface area contributed by atoms with Crippen LogP contribution >= 0.6 is 11.8 Å². The summed E-state index contributed by atoms with van der Waals surface area (Å²) in [4.78, 5) is 24.4. The van der Waals surface area contributed by atoms with E-state index in [0.29, 0.717) is 34.5 Å². The third kappa shape index (κ3) is 4.37. The molecule has 148 valence electrons. The quantitative estimate of drug-likeness (QED) is 0.466. The van der Waals surface area contributed by atoms with E-state index in [1.807, 2.05) is 30.3 Å². The predicted molar refractivity (Wildman–Crippen MR) is 105 cm³/mol. The Morgan fingerprint density at radius 1 is 1.17 bits per heavy atom. The first-order valence-electron chi connectivity index (χ1n) is 8.77. The van der Waals surface area contributed by atoms with Gasteiger partial charge in [-0.2, -0.15) is 0 Å². The van der Waals surface area contributed by atoms with Crippen LogP contribution in [0.3, 0.4) is 0 Å². The van der Waals surface area contributed by atoms with E-state index in [0.717, 1.165) is 5.56 Å². The predicted octanol–water partition coefficient (Wildman–Crippen LogP) is 2.38. The Balaban J connectivity index is 1.42. The minimum absolute atomic E-state index is 0.0843. The molecule has 29 heavy (non-hydrogen) atoms. The van der Waals surface area contributed by atoms with Crippen LogP contribution in [0.25, 0.3) is 0 Å². The van der Waals surface area contributed by atoms with Crippen LogP contribution in [0, 0.1) is 0 Å². The average molecular weight is 411 g/mol. The van der Waals surface area contributed by atoms with Crippen LogP contribution in [0.1, 0.15) is 22.8 Å². The van der Waals surface area contributed by atoms with E-state index < -0.39 is 0 Å². The van der Waals surface area contributed by atoms with E-state index in [-0.39, 0.29) is 24.2 Å². The number of nitrogens with zero attached hydrogens (tertiary/aromatic N) is 4. The van der Waals surface area contributed by atoms with Gasteiger partial charge in [-0.1, -0.05) is 42.1 Å². The lowest BCUT2D eigenvalue weighted by molar-refractivity contribution is -0.113. The molecule has 10 heteroatoms. The number of aromatic nitrogens is 4. The molecule has 0 unspecified atom stereocenters. The molecule has 1 N–H and O–H groups in total. The van der Waals surface area contributed by atoms with Crippen molar-refractivity contribution in [2.45, 2.75) is 18.6 Å². The van der Waals surface area contributed by atoms with E-state index in [2.05, 4.69) is 20.8 Å². The number of carbonyl (C=O) groups excluding carboxylic acids is 2. The summed E-state index contributed by atoms with van der Waals surface area (Å²) in [6.07, 6.45) is 0. The van der Waals surface area contributed by atoms with Gasteiger partial charge in [0.15, 0.2) is 17.3 Å². The number of hydrogen-bond donors (Lipinski definition) is 1. The molecule has 0 fully saturated rings. The van der Waals surface area contributed by atoms with Crippen LogP contribution in [-0.4, -0.2) is 44.4 Å². The number of benzene rings is 2. The molecular weight excluding hydrogens is 394 g/mol. The average Bonchev–Trinajstić information content (AvgIpc) is 3.35. The summed E-state index contributed by atoms with van der Waals surface area (Å²) < 4.78 is 12.3. The Labute approximate surface area is 170 Å². The van der Waals surface area contributed by atoms with Gasteiger partial charge in [-0.15, -0.1) is 5.10 Å². The summed E-state index contributed by atoms with van der Waals surface area (Å²) in [5.41, 5.74) is 1.80. The maximum Gasteiger partial charge on any atom is 0.234 e. The molecule has 0 aliphatic carbocycles. The molecule has 0 saturated heterocycles. The van der Waals surface area contributed by atoms with Gasteiger partial charge in [0.25, 0.3) is 0 Å². The van der Waals surface area contributed by atoms with Gasteiger partial charge in [-0.3, -0.25) is 9.59 Å². The van der Waals surface area contributed by atoms with Gasteiger partial charge in [0.1, 0.15) is 0 Å². The molecule has 1 aliphatic rings. The minimum atomic E-state index is -0.286. The molecule has 0 atom stereocenters. The Hall–Kier alpha value is -3.40. The van der Waals surface area contributed by atoms with Crippen molar-refractivity contribution in [2.75, 3.05) is 17.9 Å². The van der Waals surface area contributed by atoms with Crippen molar-refractivity contribution in [1.29, 1.82) is 0 Å². The first kappa shape index (κ1) is 18.9. The number of tetrazole rings is 1. The van der Waals surface area contributed by atoms with Crippen LogP contribution in [0.4, 0.5) is 5.69 Å². The van der Waals surface area contributed by atoms with Crippen LogP contribution in [0.15, 0.2) is 47.6 Å². The van der Waals surface area contributed by atoms with Crippen LogP contribution in [0.5, 0.6) is 11.5 Å². The van der Waals surface area contributed by atoms with Gasteiger partial charge in [0.2, 0.25) is 17.9 Å². The number of carbonyl (C=O) groups is 2. The number of rotatable bonds is 7. The van der Waals surface area contributed by atoms with Gasteiger partial charge < -0.3 is 14.8 Å². The number of anilines is 1. The molecule has 0 spiro atoms. The summed E-state index contributed by atoms with van der Waals surface area (Å²) in [6, 6.07) is 13.0. The van der Waals surface area contributed by atoms with Crippen LogP contribution < -0.4 is 14.8 Å². The molecular formula is C19H17N5O4S. The standard InChI is InChI=1S/C19H17N5O4S/c1-12(25)14-7-16-17(28-11-27-16)8-15(14)20-18(26)10-29-19-21-22-23-24(19)9-13-5-3-2-4-6-13/h2-8H,9-11H2,1H3,(H,20,26). The van der Waals surface area contributed by atoms with Crippen molar-refractivity contribution >= 4 is 29.1 Å².